The van der Waals surface area contributed by atoms with Gasteiger partial charge in [-0.1, -0.05) is 15.9 Å². The molecule has 0 saturated carbocycles. The fourth-order valence-corrected chi connectivity index (χ4v) is 3.23. The molecule has 24 heavy (non-hydrogen) atoms. The van der Waals surface area contributed by atoms with Crippen molar-refractivity contribution in [1.29, 1.82) is 0 Å². The van der Waals surface area contributed by atoms with Crippen molar-refractivity contribution in [2.45, 2.75) is 19.4 Å². The number of likely N-dealkylation sites (tertiary alicyclic amines) is 1. The summed E-state index contributed by atoms with van der Waals surface area (Å²) in [4.78, 5) is 17.9. The van der Waals surface area contributed by atoms with Crippen molar-refractivity contribution < 1.29 is 13.9 Å². The van der Waals surface area contributed by atoms with E-state index < -0.39 is 0 Å². The normalized spacial score (nSPS) is 15.7. The number of piperidine rings is 1. The second-order valence-electron chi connectivity index (χ2n) is 5.46. The molecule has 1 fully saturated rings. The molecule has 0 unspecified atom stereocenters. The third kappa shape index (κ3) is 5.87. The van der Waals surface area contributed by atoms with Gasteiger partial charge in [0, 0.05) is 31.2 Å². The third-order valence-electron chi connectivity index (χ3n) is 3.91. The number of guanidine groups is 1. The summed E-state index contributed by atoms with van der Waals surface area (Å²) in [7, 11) is 3.14. The van der Waals surface area contributed by atoms with Gasteiger partial charge in [0.15, 0.2) is 5.96 Å². The molecule has 0 atom stereocenters. The van der Waals surface area contributed by atoms with E-state index in [9.17, 15) is 9.18 Å². The molecule has 1 aliphatic heterocycles. The van der Waals surface area contributed by atoms with E-state index in [1.54, 1.807) is 7.05 Å². The average Bonchev–Trinajstić information content (AvgIpc) is 2.54. The van der Waals surface area contributed by atoms with E-state index in [1.807, 2.05) is 6.07 Å². The molecule has 0 aromatic heterocycles. The number of carbonyl (C=O) groups excluding carboxylic acids is 1. The standard InChI is InChI=1S/C16H21BrFN3O2.HI/c1-19-16(20-10-11-7-13(17)9-14(18)8-11)21-5-3-12(4-6-21)15(22)23-2;/h7-9,12H,3-6,10H2,1-2H3,(H,19,20);1H. The van der Waals surface area contributed by atoms with Crippen LogP contribution in [0, 0.1) is 11.7 Å². The van der Waals surface area contributed by atoms with Gasteiger partial charge in [-0.25, -0.2) is 4.39 Å². The lowest BCUT2D eigenvalue weighted by molar-refractivity contribution is -0.146. The molecule has 1 aromatic rings. The van der Waals surface area contributed by atoms with Gasteiger partial charge in [0.2, 0.25) is 0 Å². The summed E-state index contributed by atoms with van der Waals surface area (Å²) in [6.07, 6.45) is 1.50. The lowest BCUT2D eigenvalue weighted by atomic mass is 9.97. The first-order chi connectivity index (χ1) is 11.0. The lowest BCUT2D eigenvalue weighted by Crippen LogP contribution is -2.46. The minimum absolute atomic E-state index is 0. The molecule has 0 bridgehead atoms. The second-order valence-corrected chi connectivity index (χ2v) is 6.38. The van der Waals surface area contributed by atoms with Crippen LogP contribution < -0.4 is 5.32 Å². The number of benzene rings is 1. The number of methoxy groups -OCH3 is 1. The maximum absolute atomic E-state index is 13.4. The number of ether oxygens (including phenoxy) is 1. The Kier molecular flexibility index (Phi) is 8.96. The zero-order valence-corrected chi connectivity index (χ0v) is 17.6. The molecule has 8 heteroatoms. The number of nitrogens with one attached hydrogen (secondary N) is 1. The van der Waals surface area contributed by atoms with E-state index in [0.29, 0.717) is 11.0 Å². The summed E-state index contributed by atoms with van der Waals surface area (Å²) >= 11 is 3.29. The Morgan fingerprint density at radius 1 is 1.42 bits per heavy atom. The van der Waals surface area contributed by atoms with Crippen molar-refractivity contribution in [3.05, 3.63) is 34.1 Å². The van der Waals surface area contributed by atoms with Crippen molar-refractivity contribution in [1.82, 2.24) is 10.2 Å². The fraction of sp³-hybridized carbons (Fsp3) is 0.500. The molecule has 1 saturated heterocycles. The predicted molar refractivity (Wildman–Crippen MR) is 106 cm³/mol. The van der Waals surface area contributed by atoms with E-state index in [2.05, 4.69) is 31.1 Å². The number of carbonyl (C=O) groups is 1. The Labute approximate surface area is 167 Å². The minimum Gasteiger partial charge on any atom is -0.469 e. The summed E-state index contributed by atoms with van der Waals surface area (Å²) < 4.78 is 18.9. The summed E-state index contributed by atoms with van der Waals surface area (Å²) in [5.41, 5.74) is 0.836. The summed E-state index contributed by atoms with van der Waals surface area (Å²) in [6.45, 7) is 1.97. The zero-order valence-electron chi connectivity index (χ0n) is 13.7. The SMILES string of the molecule is CN=C(NCc1cc(F)cc(Br)c1)N1CCC(C(=O)OC)CC1.I. The maximum atomic E-state index is 13.4. The summed E-state index contributed by atoms with van der Waals surface area (Å²) in [5, 5.41) is 3.24. The second kappa shape index (κ2) is 10.2. The van der Waals surface area contributed by atoms with Crippen LogP contribution in [0.2, 0.25) is 0 Å². The van der Waals surface area contributed by atoms with E-state index in [1.165, 1.54) is 19.2 Å². The van der Waals surface area contributed by atoms with Gasteiger partial charge in [0.25, 0.3) is 0 Å². The third-order valence-corrected chi connectivity index (χ3v) is 4.37. The van der Waals surface area contributed by atoms with Gasteiger partial charge in [0.05, 0.1) is 13.0 Å². The highest BCUT2D eigenvalue weighted by molar-refractivity contribution is 14.0. The van der Waals surface area contributed by atoms with Gasteiger partial charge < -0.3 is 15.0 Å². The molecule has 1 heterocycles. The first-order valence-electron chi connectivity index (χ1n) is 7.52. The van der Waals surface area contributed by atoms with Crippen molar-refractivity contribution in [3.63, 3.8) is 0 Å². The van der Waals surface area contributed by atoms with Crippen molar-refractivity contribution >= 4 is 51.8 Å². The number of halogens is 3. The van der Waals surface area contributed by atoms with Crippen LogP contribution in [0.4, 0.5) is 4.39 Å². The van der Waals surface area contributed by atoms with Crippen molar-refractivity contribution in [2.75, 3.05) is 27.2 Å². The number of hydrogen-bond acceptors (Lipinski definition) is 3. The molecule has 0 aliphatic carbocycles. The molecule has 2 rings (SSSR count). The van der Waals surface area contributed by atoms with Crippen LogP contribution in [0.5, 0.6) is 0 Å². The van der Waals surface area contributed by atoms with Gasteiger partial charge in [-0.15, -0.1) is 24.0 Å². The van der Waals surface area contributed by atoms with Crippen LogP contribution in [-0.2, 0) is 16.1 Å². The van der Waals surface area contributed by atoms with Gasteiger partial charge in [0.1, 0.15) is 5.82 Å². The first kappa shape index (κ1) is 21.1. The monoisotopic (exact) mass is 513 g/mol. The largest absolute Gasteiger partial charge is 0.469 e. The van der Waals surface area contributed by atoms with Gasteiger partial charge >= 0.3 is 5.97 Å². The predicted octanol–water partition coefficient (Wildman–Crippen LogP) is 3.17. The number of hydrogen-bond donors (Lipinski definition) is 1. The van der Waals surface area contributed by atoms with Crippen LogP contribution in [0.1, 0.15) is 18.4 Å². The molecule has 1 aromatic carbocycles. The lowest BCUT2D eigenvalue weighted by Gasteiger charge is -2.33. The molecule has 5 nitrogen and oxygen atoms in total. The number of nitrogens with zero attached hydrogens (tertiary/aromatic N) is 2. The topological polar surface area (TPSA) is 53.9 Å². The molecule has 0 spiro atoms. The Bertz CT molecular complexity index is 572. The van der Waals surface area contributed by atoms with Crippen molar-refractivity contribution in [3.8, 4) is 0 Å². The van der Waals surface area contributed by atoms with Crippen LogP contribution in [-0.4, -0.2) is 44.1 Å². The van der Waals surface area contributed by atoms with Crippen LogP contribution in [0.25, 0.3) is 0 Å². The Morgan fingerprint density at radius 2 is 2.08 bits per heavy atom. The van der Waals surface area contributed by atoms with E-state index in [0.717, 1.165) is 37.5 Å². The van der Waals surface area contributed by atoms with Crippen molar-refractivity contribution in [2.24, 2.45) is 10.9 Å². The fourth-order valence-electron chi connectivity index (χ4n) is 2.72. The van der Waals surface area contributed by atoms with Crippen LogP contribution in [0.15, 0.2) is 27.7 Å². The van der Waals surface area contributed by atoms with E-state index in [4.69, 9.17) is 4.74 Å². The van der Waals surface area contributed by atoms with Gasteiger partial charge in [-0.3, -0.25) is 9.79 Å². The van der Waals surface area contributed by atoms with E-state index in [-0.39, 0.29) is 41.7 Å². The smallest absolute Gasteiger partial charge is 0.308 e. The number of aliphatic imine (C=N–C) groups is 1. The molecule has 0 radical (unpaired) electrons. The summed E-state index contributed by atoms with van der Waals surface area (Å²) in [6, 6.07) is 4.79. The van der Waals surface area contributed by atoms with Gasteiger partial charge in [-0.05, 0) is 36.6 Å². The molecule has 134 valence electrons. The highest BCUT2D eigenvalue weighted by Gasteiger charge is 2.26. The molecule has 0 amide bonds. The highest BCUT2D eigenvalue weighted by atomic mass is 127. The Hall–Kier alpha value is -0.900. The van der Waals surface area contributed by atoms with Gasteiger partial charge in [-0.2, -0.15) is 0 Å². The number of esters is 1. The van der Waals surface area contributed by atoms with E-state index >= 15 is 0 Å². The Balaban J connectivity index is 0.00000288. The highest BCUT2D eigenvalue weighted by Crippen LogP contribution is 2.19. The average molecular weight is 514 g/mol. The first-order valence-corrected chi connectivity index (χ1v) is 8.31. The minimum atomic E-state index is -0.273. The maximum Gasteiger partial charge on any atom is 0.308 e. The molecule has 1 aliphatic rings. The summed E-state index contributed by atoms with van der Waals surface area (Å²) in [5.74, 6) is 0.310. The zero-order chi connectivity index (χ0) is 16.8. The van der Waals surface area contributed by atoms with Crippen LogP contribution >= 0.6 is 39.9 Å². The Morgan fingerprint density at radius 3 is 2.62 bits per heavy atom. The molecular weight excluding hydrogens is 492 g/mol. The molecule has 1 N–H and O–H groups in total. The number of rotatable bonds is 3. The quantitative estimate of drug-likeness (QED) is 0.292. The van der Waals surface area contributed by atoms with Crippen LogP contribution in [0.3, 0.4) is 0 Å². The molecular formula is C16H22BrFIN3O2.